The van der Waals surface area contributed by atoms with Crippen molar-refractivity contribution in [3.8, 4) is 17.3 Å². The highest BCUT2D eigenvalue weighted by molar-refractivity contribution is 5.66. The van der Waals surface area contributed by atoms with Gasteiger partial charge in [-0.05, 0) is 19.1 Å². The summed E-state index contributed by atoms with van der Waals surface area (Å²) < 4.78 is 0. The predicted molar refractivity (Wildman–Crippen MR) is 59.1 cm³/mol. The Morgan fingerprint density at radius 1 is 1.13 bits per heavy atom. The molecule has 2 aromatic rings. The molecule has 0 amide bonds. The molecule has 0 aliphatic rings. The zero-order chi connectivity index (χ0) is 10.7. The van der Waals surface area contributed by atoms with E-state index in [1.807, 2.05) is 31.2 Å². The highest BCUT2D eigenvalue weighted by atomic mass is 14.7. The molecule has 1 aromatic carbocycles. The third-order valence-corrected chi connectivity index (χ3v) is 2.25. The molecule has 0 aliphatic heterocycles. The Labute approximate surface area is 88.8 Å². The van der Waals surface area contributed by atoms with E-state index in [4.69, 9.17) is 5.26 Å². The van der Waals surface area contributed by atoms with Crippen molar-refractivity contribution < 1.29 is 0 Å². The van der Waals surface area contributed by atoms with Gasteiger partial charge in [0.05, 0.1) is 11.3 Å². The molecule has 0 aliphatic carbocycles. The highest BCUT2D eigenvalue weighted by Crippen LogP contribution is 2.20. The van der Waals surface area contributed by atoms with Crippen molar-refractivity contribution >= 4 is 0 Å². The van der Waals surface area contributed by atoms with E-state index in [9.17, 15) is 0 Å². The Balaban J connectivity index is 2.55. The van der Waals surface area contributed by atoms with Crippen LogP contribution in [0.5, 0.6) is 0 Å². The summed E-state index contributed by atoms with van der Waals surface area (Å²) in [6, 6.07) is 13.7. The van der Waals surface area contributed by atoms with Crippen LogP contribution in [-0.4, -0.2) is 4.98 Å². The lowest BCUT2D eigenvalue weighted by Crippen LogP contribution is -1.87. The topological polar surface area (TPSA) is 36.7 Å². The van der Waals surface area contributed by atoms with Crippen LogP contribution in [0.3, 0.4) is 0 Å². The molecule has 0 fully saturated rings. The molecular weight excluding hydrogens is 184 g/mol. The summed E-state index contributed by atoms with van der Waals surface area (Å²) in [7, 11) is 0. The number of pyridine rings is 1. The van der Waals surface area contributed by atoms with Gasteiger partial charge in [0.2, 0.25) is 0 Å². The Kier molecular flexibility index (Phi) is 2.47. The molecule has 0 saturated carbocycles. The maximum Gasteiger partial charge on any atom is 0.101 e. The number of hydrogen-bond donors (Lipinski definition) is 0. The Hall–Kier alpha value is -2.14. The molecule has 0 radical (unpaired) electrons. The third-order valence-electron chi connectivity index (χ3n) is 2.25. The van der Waals surface area contributed by atoms with Gasteiger partial charge in [-0.1, -0.05) is 29.8 Å². The number of nitriles is 1. The fourth-order valence-electron chi connectivity index (χ4n) is 1.44. The van der Waals surface area contributed by atoms with Gasteiger partial charge in [-0.25, -0.2) is 0 Å². The lowest BCUT2D eigenvalue weighted by atomic mass is 10.1. The summed E-state index contributed by atoms with van der Waals surface area (Å²) in [5.74, 6) is 0. The van der Waals surface area contributed by atoms with Crippen LogP contribution in [0.1, 0.15) is 11.1 Å². The minimum Gasteiger partial charge on any atom is -0.255 e. The third kappa shape index (κ3) is 1.87. The van der Waals surface area contributed by atoms with Gasteiger partial charge in [-0.15, -0.1) is 0 Å². The molecule has 1 aromatic heterocycles. The number of hydrogen-bond acceptors (Lipinski definition) is 2. The molecule has 1 heterocycles. The second kappa shape index (κ2) is 3.93. The molecule has 2 nitrogen and oxygen atoms in total. The summed E-state index contributed by atoms with van der Waals surface area (Å²) in [6.45, 7) is 2.04. The van der Waals surface area contributed by atoms with Gasteiger partial charge in [-0.3, -0.25) is 4.98 Å². The first-order valence-corrected chi connectivity index (χ1v) is 4.73. The monoisotopic (exact) mass is 194 g/mol. The molecule has 0 bridgehead atoms. The van der Waals surface area contributed by atoms with E-state index in [2.05, 4.69) is 11.1 Å². The normalized spacial score (nSPS) is 9.60. The summed E-state index contributed by atoms with van der Waals surface area (Å²) in [6.07, 6.45) is 1.70. The maximum atomic E-state index is 8.94. The molecule has 2 rings (SSSR count). The first-order valence-electron chi connectivity index (χ1n) is 4.73. The van der Waals surface area contributed by atoms with Gasteiger partial charge in [0, 0.05) is 11.8 Å². The van der Waals surface area contributed by atoms with Crippen molar-refractivity contribution in [2.45, 2.75) is 6.92 Å². The number of rotatable bonds is 1. The standard InChI is InChI=1S/C13H10N2/c1-10-4-6-11(7-5-10)13-12(9-14)3-2-8-15-13/h2-8H,1H3. The first kappa shape index (κ1) is 9.42. The van der Waals surface area contributed by atoms with Crippen molar-refractivity contribution in [3.63, 3.8) is 0 Å². The molecule has 0 saturated heterocycles. The minimum atomic E-state index is 0.612. The largest absolute Gasteiger partial charge is 0.255 e. The highest BCUT2D eigenvalue weighted by Gasteiger charge is 2.04. The van der Waals surface area contributed by atoms with Crippen molar-refractivity contribution in [1.82, 2.24) is 4.98 Å². The van der Waals surface area contributed by atoms with Crippen LogP contribution in [0.25, 0.3) is 11.3 Å². The number of benzene rings is 1. The van der Waals surface area contributed by atoms with E-state index >= 15 is 0 Å². The Morgan fingerprint density at radius 3 is 2.53 bits per heavy atom. The quantitative estimate of drug-likeness (QED) is 0.699. The van der Waals surface area contributed by atoms with Gasteiger partial charge < -0.3 is 0 Å². The van der Waals surface area contributed by atoms with Crippen LogP contribution in [0.2, 0.25) is 0 Å². The van der Waals surface area contributed by atoms with E-state index < -0.39 is 0 Å². The van der Waals surface area contributed by atoms with Gasteiger partial charge >= 0.3 is 0 Å². The Bertz CT molecular complexity index is 507. The van der Waals surface area contributed by atoms with Crippen molar-refractivity contribution in [3.05, 3.63) is 53.7 Å². The lowest BCUT2D eigenvalue weighted by molar-refractivity contribution is 1.30. The van der Waals surface area contributed by atoms with Crippen LogP contribution in [0.15, 0.2) is 42.6 Å². The number of aromatic nitrogens is 1. The molecule has 0 N–H and O–H groups in total. The average Bonchev–Trinajstić information content (AvgIpc) is 2.30. The zero-order valence-electron chi connectivity index (χ0n) is 8.44. The second-order valence-electron chi connectivity index (χ2n) is 3.38. The number of aryl methyl sites for hydroxylation is 1. The van der Waals surface area contributed by atoms with E-state index in [0.717, 1.165) is 11.3 Å². The first-order chi connectivity index (χ1) is 7.31. The molecule has 72 valence electrons. The zero-order valence-corrected chi connectivity index (χ0v) is 8.44. The SMILES string of the molecule is Cc1ccc(-c2ncccc2C#N)cc1. The van der Waals surface area contributed by atoms with Crippen molar-refractivity contribution in [2.75, 3.05) is 0 Å². The van der Waals surface area contributed by atoms with Crippen LogP contribution in [0, 0.1) is 18.3 Å². The number of nitrogens with zero attached hydrogens (tertiary/aromatic N) is 2. The van der Waals surface area contributed by atoms with Gasteiger partial charge in [0.25, 0.3) is 0 Å². The van der Waals surface area contributed by atoms with E-state index in [1.54, 1.807) is 18.3 Å². The van der Waals surface area contributed by atoms with Crippen LogP contribution >= 0.6 is 0 Å². The fourth-order valence-corrected chi connectivity index (χ4v) is 1.44. The maximum absolute atomic E-state index is 8.94. The molecule has 0 spiro atoms. The van der Waals surface area contributed by atoms with E-state index in [-0.39, 0.29) is 0 Å². The fraction of sp³-hybridized carbons (Fsp3) is 0.0769. The van der Waals surface area contributed by atoms with Crippen molar-refractivity contribution in [2.24, 2.45) is 0 Å². The summed E-state index contributed by atoms with van der Waals surface area (Å²) in [5, 5.41) is 8.94. The summed E-state index contributed by atoms with van der Waals surface area (Å²) in [5.41, 5.74) is 3.55. The van der Waals surface area contributed by atoms with E-state index in [1.165, 1.54) is 5.56 Å². The lowest BCUT2D eigenvalue weighted by Gasteiger charge is -2.02. The van der Waals surface area contributed by atoms with Gasteiger partial charge in [0.1, 0.15) is 6.07 Å². The van der Waals surface area contributed by atoms with Gasteiger partial charge in [-0.2, -0.15) is 5.26 Å². The Morgan fingerprint density at radius 2 is 1.87 bits per heavy atom. The van der Waals surface area contributed by atoms with Crippen LogP contribution in [0.4, 0.5) is 0 Å². The molecule has 15 heavy (non-hydrogen) atoms. The minimum absolute atomic E-state index is 0.612. The van der Waals surface area contributed by atoms with Crippen LogP contribution < -0.4 is 0 Å². The summed E-state index contributed by atoms with van der Waals surface area (Å²) >= 11 is 0. The second-order valence-corrected chi connectivity index (χ2v) is 3.38. The van der Waals surface area contributed by atoms with E-state index in [0.29, 0.717) is 5.56 Å². The molecular formula is C13H10N2. The average molecular weight is 194 g/mol. The van der Waals surface area contributed by atoms with Crippen LogP contribution in [-0.2, 0) is 0 Å². The predicted octanol–water partition coefficient (Wildman–Crippen LogP) is 2.93. The van der Waals surface area contributed by atoms with Crippen molar-refractivity contribution in [1.29, 1.82) is 5.26 Å². The molecule has 2 heteroatoms. The smallest absolute Gasteiger partial charge is 0.101 e. The molecule has 0 unspecified atom stereocenters. The van der Waals surface area contributed by atoms with Gasteiger partial charge in [0.15, 0.2) is 0 Å². The molecule has 0 atom stereocenters. The summed E-state index contributed by atoms with van der Waals surface area (Å²) in [4.78, 5) is 4.23.